The van der Waals surface area contributed by atoms with Gasteiger partial charge in [-0.2, -0.15) is 0 Å². The third-order valence-corrected chi connectivity index (χ3v) is 10.2. The minimum Gasteiger partial charge on any atom is -0.421 e. The van der Waals surface area contributed by atoms with E-state index in [1.165, 1.54) is 35.7 Å². The van der Waals surface area contributed by atoms with Gasteiger partial charge in [0.05, 0.1) is 10.3 Å². The molecule has 0 radical (unpaired) electrons. The fourth-order valence-electron chi connectivity index (χ4n) is 6.12. The maximum Gasteiger partial charge on any atom is 0.322 e. The lowest BCUT2D eigenvalue weighted by atomic mass is 9.94. The molecule has 1 aliphatic rings. The van der Waals surface area contributed by atoms with Crippen LogP contribution in [-0.4, -0.2) is 58.3 Å². The number of nitrogens with zero attached hydrogens (tertiary/aromatic N) is 4. The molecule has 12 heteroatoms. The van der Waals surface area contributed by atoms with Gasteiger partial charge in [-0.3, -0.25) is 9.59 Å². The molecule has 6 rings (SSSR count). The summed E-state index contributed by atoms with van der Waals surface area (Å²) in [5.74, 6) is -0.670. The largest absolute Gasteiger partial charge is 0.421 e. The number of hydrogen-bond donors (Lipinski definition) is 3. The zero-order valence-corrected chi connectivity index (χ0v) is 28.7. The molecule has 1 saturated heterocycles. The van der Waals surface area contributed by atoms with Crippen molar-refractivity contribution in [3.63, 3.8) is 0 Å². The van der Waals surface area contributed by atoms with Crippen LogP contribution in [0, 0.1) is 32.5 Å². The predicted octanol–water partition coefficient (Wildman–Crippen LogP) is 7.06. The van der Waals surface area contributed by atoms with Gasteiger partial charge < -0.3 is 26.0 Å². The van der Waals surface area contributed by atoms with Crippen molar-refractivity contribution in [1.29, 1.82) is 0 Å². The number of rotatable bonds is 9. The number of aryl methyl sites for hydroxylation is 2. The van der Waals surface area contributed by atoms with Crippen LogP contribution in [-0.2, 0) is 4.79 Å². The fraction of sp³-hybridized carbons (Fsp3) is 0.270. The number of pyridine rings is 1. The Morgan fingerprint density at radius 3 is 2.63 bits per heavy atom. The third-order valence-electron chi connectivity index (χ3n) is 8.92. The van der Waals surface area contributed by atoms with E-state index < -0.39 is 5.82 Å². The van der Waals surface area contributed by atoms with E-state index >= 15 is 4.39 Å². The van der Waals surface area contributed by atoms with Gasteiger partial charge in [0.15, 0.2) is 11.6 Å². The zero-order valence-electron chi connectivity index (χ0n) is 27.9. The van der Waals surface area contributed by atoms with Crippen molar-refractivity contribution in [2.75, 3.05) is 37.7 Å². The Hall–Kier alpha value is -5.20. The Bertz CT molecular complexity index is 2090. The second-order valence-corrected chi connectivity index (χ2v) is 13.4. The molecular formula is C37H38FN7O3S. The third kappa shape index (κ3) is 7.01. The van der Waals surface area contributed by atoms with E-state index in [1.807, 2.05) is 26.0 Å². The van der Waals surface area contributed by atoms with Crippen molar-refractivity contribution in [1.82, 2.24) is 25.2 Å². The van der Waals surface area contributed by atoms with E-state index in [-0.39, 0.29) is 29.4 Å². The summed E-state index contributed by atoms with van der Waals surface area (Å²) in [6.45, 7) is 11.7. The van der Waals surface area contributed by atoms with Gasteiger partial charge in [-0.15, -0.1) is 11.3 Å². The van der Waals surface area contributed by atoms with Gasteiger partial charge in [-0.25, -0.2) is 19.3 Å². The van der Waals surface area contributed by atoms with Crippen LogP contribution < -0.4 is 21.1 Å². The van der Waals surface area contributed by atoms with Crippen molar-refractivity contribution in [3.05, 3.63) is 89.6 Å². The molecule has 49 heavy (non-hydrogen) atoms. The summed E-state index contributed by atoms with van der Waals surface area (Å²) in [5, 5.41) is 6.59. The van der Waals surface area contributed by atoms with Crippen LogP contribution in [0.25, 0.3) is 31.7 Å². The standard InChI is InChI=1S/C37H38FN7O3S/c1-6-29(46)44-32-20(2)7-9-25(22(32)4)33-30(24-8-10-28(27(38)17-24)48-37-40-14-11-21(3)43-37)31-34(49-33)26(19-41-35(31)39)36(47)42-18-23-12-15-45(5)16-13-23/h6-11,14,17,19,23H,1,12-13,15-16,18H2,2-5H3,(H2,39,41)(H,42,47)(H,44,46). The van der Waals surface area contributed by atoms with Gasteiger partial charge in [0.1, 0.15) is 5.82 Å². The highest BCUT2D eigenvalue weighted by molar-refractivity contribution is 7.23. The Labute approximate surface area is 288 Å². The molecule has 3 aromatic heterocycles. The van der Waals surface area contributed by atoms with Crippen molar-refractivity contribution in [3.8, 4) is 33.3 Å². The summed E-state index contributed by atoms with van der Waals surface area (Å²) in [6.07, 6.45) is 6.28. The molecule has 0 saturated carbocycles. The second-order valence-electron chi connectivity index (χ2n) is 12.4. The number of benzene rings is 2. The molecule has 2 aromatic carbocycles. The zero-order chi connectivity index (χ0) is 34.8. The SMILES string of the molecule is C=CC(=O)Nc1c(C)ccc(-c2sc3c(C(=O)NCC4CCN(C)CC4)cnc(N)c3c2-c2ccc(Oc3nccc(C)n3)c(F)c2)c1C. The maximum absolute atomic E-state index is 15.8. The maximum atomic E-state index is 15.8. The number of likely N-dealkylation sites (tertiary alicyclic amines) is 1. The fourth-order valence-corrected chi connectivity index (χ4v) is 7.54. The van der Waals surface area contributed by atoms with Gasteiger partial charge in [-0.05, 0) is 106 Å². The first-order valence-corrected chi connectivity index (χ1v) is 16.8. The van der Waals surface area contributed by atoms with Gasteiger partial charge in [0, 0.05) is 46.1 Å². The van der Waals surface area contributed by atoms with Crippen LogP contribution in [0.15, 0.2) is 61.4 Å². The highest BCUT2D eigenvalue weighted by atomic mass is 32.1. The monoisotopic (exact) mass is 679 g/mol. The first kappa shape index (κ1) is 33.7. The quantitative estimate of drug-likeness (QED) is 0.141. The number of anilines is 2. The molecule has 0 aliphatic carbocycles. The molecule has 4 heterocycles. The van der Waals surface area contributed by atoms with Gasteiger partial charge in [0.25, 0.3) is 5.91 Å². The number of nitrogen functional groups attached to an aromatic ring is 1. The molecule has 1 fully saturated rings. The molecule has 0 bridgehead atoms. The molecular weight excluding hydrogens is 642 g/mol. The average molecular weight is 680 g/mol. The van der Waals surface area contributed by atoms with Crippen LogP contribution in [0.3, 0.4) is 0 Å². The van der Waals surface area contributed by atoms with E-state index in [0.29, 0.717) is 50.6 Å². The van der Waals surface area contributed by atoms with Gasteiger partial charge in [-0.1, -0.05) is 24.8 Å². The van der Waals surface area contributed by atoms with E-state index in [4.69, 9.17) is 10.5 Å². The summed E-state index contributed by atoms with van der Waals surface area (Å²) >= 11 is 1.38. The number of thiophene rings is 1. The number of amides is 2. The Kier molecular flexibility index (Phi) is 9.70. The molecule has 0 unspecified atom stereocenters. The predicted molar refractivity (Wildman–Crippen MR) is 193 cm³/mol. The molecule has 1 aliphatic heterocycles. The minimum atomic E-state index is -0.633. The average Bonchev–Trinajstić information content (AvgIpc) is 3.48. The van der Waals surface area contributed by atoms with Crippen molar-refractivity contribution >= 4 is 44.7 Å². The normalized spacial score (nSPS) is 13.7. The van der Waals surface area contributed by atoms with Crippen molar-refractivity contribution < 1.29 is 18.7 Å². The number of nitrogens with two attached hydrogens (primary N) is 1. The number of carbonyl (C=O) groups is 2. The van der Waals surface area contributed by atoms with Gasteiger partial charge in [0.2, 0.25) is 5.91 Å². The molecule has 0 atom stereocenters. The summed E-state index contributed by atoms with van der Waals surface area (Å²) in [5.41, 5.74) is 11.8. The smallest absolute Gasteiger partial charge is 0.322 e. The lowest BCUT2D eigenvalue weighted by Gasteiger charge is -2.28. The van der Waals surface area contributed by atoms with Crippen molar-refractivity contribution in [2.24, 2.45) is 5.92 Å². The summed E-state index contributed by atoms with van der Waals surface area (Å²) in [6, 6.07) is 10.2. The number of nitrogens with one attached hydrogen (secondary N) is 2. The van der Waals surface area contributed by atoms with Crippen molar-refractivity contribution in [2.45, 2.75) is 33.6 Å². The van der Waals surface area contributed by atoms with E-state index in [9.17, 15) is 9.59 Å². The van der Waals surface area contributed by atoms with Crippen LogP contribution in [0.1, 0.15) is 40.0 Å². The van der Waals surface area contributed by atoms with Crippen LogP contribution >= 0.6 is 11.3 Å². The second kappa shape index (κ2) is 14.1. The van der Waals surface area contributed by atoms with Crippen LogP contribution in [0.5, 0.6) is 11.8 Å². The lowest BCUT2D eigenvalue weighted by Crippen LogP contribution is -2.36. The minimum absolute atomic E-state index is 0.0297. The molecule has 252 valence electrons. The summed E-state index contributed by atoms with van der Waals surface area (Å²) < 4.78 is 22.1. The number of aromatic nitrogens is 3. The summed E-state index contributed by atoms with van der Waals surface area (Å²) in [7, 11) is 2.11. The first-order valence-electron chi connectivity index (χ1n) is 16.0. The highest BCUT2D eigenvalue weighted by Crippen LogP contribution is 2.49. The number of piperidine rings is 1. The van der Waals surface area contributed by atoms with Crippen LogP contribution in [0.4, 0.5) is 15.9 Å². The topological polar surface area (TPSA) is 135 Å². The van der Waals surface area contributed by atoms with Gasteiger partial charge >= 0.3 is 6.01 Å². The Morgan fingerprint density at radius 1 is 1.14 bits per heavy atom. The van der Waals surface area contributed by atoms with Crippen LogP contribution in [0.2, 0.25) is 0 Å². The molecule has 0 spiro atoms. The molecule has 10 nitrogen and oxygen atoms in total. The molecule has 4 N–H and O–H groups in total. The number of hydrogen-bond acceptors (Lipinski definition) is 9. The Balaban J connectivity index is 1.48. The number of fused-ring (bicyclic) bond motifs is 1. The lowest BCUT2D eigenvalue weighted by molar-refractivity contribution is -0.111. The van der Waals surface area contributed by atoms with E-state index in [0.717, 1.165) is 47.5 Å². The first-order chi connectivity index (χ1) is 23.5. The van der Waals surface area contributed by atoms with E-state index in [2.05, 4.69) is 44.1 Å². The Morgan fingerprint density at radius 2 is 1.92 bits per heavy atom. The number of ether oxygens (including phenoxy) is 1. The van der Waals surface area contributed by atoms with E-state index in [1.54, 1.807) is 25.3 Å². The molecule has 2 amide bonds. The number of halogens is 1. The molecule has 5 aromatic rings. The number of carbonyl (C=O) groups excluding carboxylic acids is 2. The highest BCUT2D eigenvalue weighted by Gasteiger charge is 2.26. The summed E-state index contributed by atoms with van der Waals surface area (Å²) in [4.78, 5) is 41.9.